The predicted molar refractivity (Wildman–Crippen MR) is 68.8 cm³/mol. The number of esters is 1. The number of aryl methyl sites for hydroxylation is 1. The molecule has 0 spiro atoms. The van der Waals surface area contributed by atoms with Crippen molar-refractivity contribution in [3.05, 3.63) is 35.4 Å². The van der Waals surface area contributed by atoms with Gasteiger partial charge in [-0.05, 0) is 38.8 Å². The van der Waals surface area contributed by atoms with Crippen molar-refractivity contribution in [3.8, 4) is 0 Å². The van der Waals surface area contributed by atoms with E-state index in [0.29, 0.717) is 0 Å². The Bertz CT molecular complexity index is 374. The van der Waals surface area contributed by atoms with Crippen LogP contribution >= 0.6 is 0 Å². The van der Waals surface area contributed by atoms with Gasteiger partial charge in [-0.1, -0.05) is 24.3 Å². The van der Waals surface area contributed by atoms with Gasteiger partial charge in [0.05, 0.1) is 12.6 Å². The van der Waals surface area contributed by atoms with E-state index in [2.05, 4.69) is 24.4 Å². The molecular formula is C14H21NO2. The fourth-order valence-corrected chi connectivity index (χ4v) is 1.72. The van der Waals surface area contributed by atoms with Crippen molar-refractivity contribution < 1.29 is 9.53 Å². The Balaban J connectivity index is 2.48. The molecule has 1 aromatic rings. The van der Waals surface area contributed by atoms with E-state index in [9.17, 15) is 4.79 Å². The van der Waals surface area contributed by atoms with Gasteiger partial charge < -0.3 is 10.1 Å². The van der Waals surface area contributed by atoms with Crippen LogP contribution in [0.15, 0.2) is 24.3 Å². The Morgan fingerprint density at radius 2 is 1.94 bits per heavy atom. The Hall–Kier alpha value is -1.35. The minimum Gasteiger partial charge on any atom is -0.462 e. The van der Waals surface area contributed by atoms with Gasteiger partial charge in [-0.2, -0.15) is 0 Å². The summed E-state index contributed by atoms with van der Waals surface area (Å²) in [5.74, 6) is -0.208. The van der Waals surface area contributed by atoms with E-state index < -0.39 is 0 Å². The first-order valence-corrected chi connectivity index (χ1v) is 5.99. The second-order valence-electron chi connectivity index (χ2n) is 4.50. The SMILES string of the molecule is Cc1ccccc1C(C)NCC(=O)OC(C)C. The van der Waals surface area contributed by atoms with Gasteiger partial charge in [0.1, 0.15) is 0 Å². The second-order valence-corrected chi connectivity index (χ2v) is 4.50. The normalized spacial score (nSPS) is 12.5. The van der Waals surface area contributed by atoms with Crippen LogP contribution in [0.5, 0.6) is 0 Å². The highest BCUT2D eigenvalue weighted by Gasteiger charge is 2.10. The lowest BCUT2D eigenvalue weighted by molar-refractivity contribution is -0.146. The summed E-state index contributed by atoms with van der Waals surface area (Å²) >= 11 is 0. The second kappa shape index (κ2) is 6.40. The molecule has 0 aliphatic heterocycles. The average molecular weight is 235 g/mol. The van der Waals surface area contributed by atoms with Gasteiger partial charge in [0.15, 0.2) is 0 Å². The lowest BCUT2D eigenvalue weighted by Gasteiger charge is -2.16. The summed E-state index contributed by atoms with van der Waals surface area (Å²) in [6.07, 6.45) is -0.0573. The van der Waals surface area contributed by atoms with Gasteiger partial charge in [0.2, 0.25) is 0 Å². The van der Waals surface area contributed by atoms with Crippen molar-refractivity contribution in [3.63, 3.8) is 0 Å². The van der Waals surface area contributed by atoms with Crippen LogP contribution in [0.1, 0.15) is 37.9 Å². The lowest BCUT2D eigenvalue weighted by Crippen LogP contribution is -2.29. The molecule has 0 aliphatic carbocycles. The number of benzene rings is 1. The van der Waals surface area contributed by atoms with E-state index >= 15 is 0 Å². The van der Waals surface area contributed by atoms with Gasteiger partial charge in [0.25, 0.3) is 0 Å². The maximum absolute atomic E-state index is 11.4. The van der Waals surface area contributed by atoms with Crippen LogP contribution in [-0.2, 0) is 9.53 Å². The molecule has 0 radical (unpaired) electrons. The Kier molecular flexibility index (Phi) is 5.16. The number of ether oxygens (including phenoxy) is 1. The van der Waals surface area contributed by atoms with Crippen LogP contribution in [0.3, 0.4) is 0 Å². The topological polar surface area (TPSA) is 38.3 Å². The third-order valence-corrected chi connectivity index (χ3v) is 2.57. The van der Waals surface area contributed by atoms with Crippen molar-refractivity contribution >= 4 is 5.97 Å². The largest absolute Gasteiger partial charge is 0.462 e. The molecule has 1 unspecified atom stereocenters. The number of nitrogens with one attached hydrogen (secondary N) is 1. The van der Waals surface area contributed by atoms with Gasteiger partial charge in [0, 0.05) is 6.04 Å². The molecule has 3 nitrogen and oxygen atoms in total. The molecule has 0 saturated carbocycles. The van der Waals surface area contributed by atoms with Crippen LogP contribution < -0.4 is 5.32 Å². The first-order chi connectivity index (χ1) is 8.00. The Morgan fingerprint density at radius 3 is 2.53 bits per heavy atom. The van der Waals surface area contributed by atoms with Crippen molar-refractivity contribution in [2.24, 2.45) is 0 Å². The monoisotopic (exact) mass is 235 g/mol. The maximum Gasteiger partial charge on any atom is 0.320 e. The molecule has 0 heterocycles. The molecule has 1 aromatic carbocycles. The molecule has 94 valence electrons. The van der Waals surface area contributed by atoms with Crippen molar-refractivity contribution in [2.75, 3.05) is 6.54 Å². The summed E-state index contributed by atoms with van der Waals surface area (Å²) in [6, 6.07) is 8.31. The summed E-state index contributed by atoms with van der Waals surface area (Å²) in [7, 11) is 0. The van der Waals surface area contributed by atoms with E-state index in [4.69, 9.17) is 4.74 Å². The standard InChI is InChI=1S/C14H21NO2/c1-10(2)17-14(16)9-15-12(4)13-8-6-5-7-11(13)3/h5-8,10,12,15H,9H2,1-4H3. The Morgan fingerprint density at radius 1 is 1.29 bits per heavy atom. The molecule has 0 aromatic heterocycles. The van der Waals surface area contributed by atoms with E-state index in [1.165, 1.54) is 11.1 Å². The summed E-state index contributed by atoms with van der Waals surface area (Å²) in [5, 5.41) is 3.17. The number of rotatable bonds is 5. The molecule has 1 rings (SSSR count). The minimum absolute atomic E-state index is 0.0573. The van der Waals surface area contributed by atoms with Crippen molar-refractivity contribution in [1.82, 2.24) is 5.32 Å². The molecule has 1 atom stereocenters. The molecule has 0 fully saturated rings. The number of hydrogen-bond acceptors (Lipinski definition) is 3. The Labute approximate surface area is 103 Å². The number of carbonyl (C=O) groups excluding carboxylic acids is 1. The van der Waals surface area contributed by atoms with Crippen LogP contribution in [0.25, 0.3) is 0 Å². The smallest absolute Gasteiger partial charge is 0.320 e. The lowest BCUT2D eigenvalue weighted by atomic mass is 10.0. The molecule has 1 N–H and O–H groups in total. The number of hydrogen-bond donors (Lipinski definition) is 1. The maximum atomic E-state index is 11.4. The molecule has 0 saturated heterocycles. The number of carbonyl (C=O) groups is 1. The molecule has 0 amide bonds. The highest BCUT2D eigenvalue weighted by Crippen LogP contribution is 2.16. The zero-order valence-corrected chi connectivity index (χ0v) is 11.0. The van der Waals surface area contributed by atoms with Crippen LogP contribution in [0.2, 0.25) is 0 Å². The van der Waals surface area contributed by atoms with Crippen LogP contribution in [0, 0.1) is 6.92 Å². The first-order valence-electron chi connectivity index (χ1n) is 5.99. The third-order valence-electron chi connectivity index (χ3n) is 2.57. The highest BCUT2D eigenvalue weighted by atomic mass is 16.5. The fourth-order valence-electron chi connectivity index (χ4n) is 1.72. The average Bonchev–Trinajstić information content (AvgIpc) is 2.25. The first kappa shape index (κ1) is 13.7. The zero-order valence-electron chi connectivity index (χ0n) is 11.0. The van der Waals surface area contributed by atoms with Crippen molar-refractivity contribution in [1.29, 1.82) is 0 Å². The zero-order chi connectivity index (χ0) is 12.8. The minimum atomic E-state index is -0.208. The van der Waals surface area contributed by atoms with Crippen LogP contribution in [-0.4, -0.2) is 18.6 Å². The molecular weight excluding hydrogens is 214 g/mol. The van der Waals surface area contributed by atoms with Crippen molar-refractivity contribution in [2.45, 2.75) is 39.8 Å². The summed E-state index contributed by atoms with van der Waals surface area (Å²) in [4.78, 5) is 11.4. The van der Waals surface area contributed by atoms with Gasteiger partial charge in [-0.3, -0.25) is 4.79 Å². The molecule has 0 aliphatic rings. The third kappa shape index (κ3) is 4.57. The van der Waals surface area contributed by atoms with E-state index in [0.717, 1.165) is 0 Å². The molecule has 0 bridgehead atoms. The van der Waals surface area contributed by atoms with Crippen LogP contribution in [0.4, 0.5) is 0 Å². The van der Waals surface area contributed by atoms with E-state index in [1.807, 2.05) is 32.9 Å². The quantitative estimate of drug-likeness (QED) is 0.797. The summed E-state index contributed by atoms with van der Waals surface area (Å²) < 4.78 is 5.07. The van der Waals surface area contributed by atoms with E-state index in [-0.39, 0.29) is 24.7 Å². The fraction of sp³-hybridized carbons (Fsp3) is 0.500. The predicted octanol–water partition coefficient (Wildman–Crippen LogP) is 2.60. The molecule has 3 heteroatoms. The highest BCUT2D eigenvalue weighted by molar-refractivity contribution is 5.71. The van der Waals surface area contributed by atoms with E-state index in [1.54, 1.807) is 0 Å². The van der Waals surface area contributed by atoms with Gasteiger partial charge >= 0.3 is 5.97 Å². The van der Waals surface area contributed by atoms with Gasteiger partial charge in [-0.25, -0.2) is 0 Å². The summed E-state index contributed by atoms with van der Waals surface area (Å²) in [5.41, 5.74) is 2.44. The molecule has 17 heavy (non-hydrogen) atoms. The van der Waals surface area contributed by atoms with Gasteiger partial charge in [-0.15, -0.1) is 0 Å². The summed E-state index contributed by atoms with van der Waals surface area (Å²) in [6.45, 7) is 8.06.